The molecule has 3 aromatic rings. The molecule has 1 aliphatic rings. The Labute approximate surface area is 155 Å². The molecule has 0 radical (unpaired) electrons. The molecule has 0 amide bonds. The average Bonchev–Trinajstić information content (AvgIpc) is 2.96. The molecule has 2 aromatic carbocycles. The molecule has 1 aromatic heterocycles. The van der Waals surface area contributed by atoms with Gasteiger partial charge in [-0.25, -0.2) is 0 Å². The fourth-order valence-electron chi connectivity index (χ4n) is 4.21. The summed E-state index contributed by atoms with van der Waals surface area (Å²) in [4.78, 5) is 0. The van der Waals surface area contributed by atoms with E-state index in [0.29, 0.717) is 13.1 Å². The van der Waals surface area contributed by atoms with E-state index in [9.17, 15) is 5.11 Å². The first-order valence-electron chi connectivity index (χ1n) is 9.75. The highest BCUT2D eigenvalue weighted by atomic mass is 16.3. The molecule has 3 heteroatoms. The largest absolute Gasteiger partial charge is 0.390 e. The van der Waals surface area contributed by atoms with Crippen LogP contribution in [0.4, 0.5) is 0 Å². The molecule has 0 unspecified atom stereocenters. The van der Waals surface area contributed by atoms with Gasteiger partial charge in [0.1, 0.15) is 0 Å². The van der Waals surface area contributed by atoms with Crippen LogP contribution in [0.15, 0.2) is 48.5 Å². The van der Waals surface area contributed by atoms with Crippen molar-refractivity contribution >= 4 is 10.9 Å². The summed E-state index contributed by atoms with van der Waals surface area (Å²) in [7, 11) is 0. The topological polar surface area (TPSA) is 37.2 Å². The van der Waals surface area contributed by atoms with Crippen molar-refractivity contribution in [3.05, 3.63) is 70.9 Å². The maximum atomic E-state index is 10.6. The monoisotopic (exact) mass is 348 g/mol. The van der Waals surface area contributed by atoms with Crippen LogP contribution in [0.3, 0.4) is 0 Å². The molecule has 1 atom stereocenters. The summed E-state index contributed by atoms with van der Waals surface area (Å²) in [6.07, 6.45) is 4.45. The Morgan fingerprint density at radius 3 is 2.73 bits per heavy atom. The number of fused-ring (bicyclic) bond motifs is 3. The van der Waals surface area contributed by atoms with Crippen molar-refractivity contribution in [2.75, 3.05) is 6.54 Å². The predicted octanol–water partition coefficient (Wildman–Crippen LogP) is 3.98. The normalized spacial score (nSPS) is 15.2. The van der Waals surface area contributed by atoms with Crippen molar-refractivity contribution in [3.63, 3.8) is 0 Å². The smallest absolute Gasteiger partial charge is 0.0843 e. The summed E-state index contributed by atoms with van der Waals surface area (Å²) in [5.74, 6) is 0. The number of aliphatic hydroxyl groups excluding tert-OH is 1. The zero-order valence-corrected chi connectivity index (χ0v) is 15.5. The number of aryl methyl sites for hydroxylation is 2. The van der Waals surface area contributed by atoms with Gasteiger partial charge in [0.25, 0.3) is 0 Å². The summed E-state index contributed by atoms with van der Waals surface area (Å²) in [5.41, 5.74) is 6.80. The Bertz CT molecular complexity index is 882. The van der Waals surface area contributed by atoms with Crippen LogP contribution in [0.1, 0.15) is 35.2 Å². The number of benzene rings is 2. The highest BCUT2D eigenvalue weighted by Crippen LogP contribution is 2.33. The van der Waals surface area contributed by atoms with E-state index in [-0.39, 0.29) is 6.10 Å². The van der Waals surface area contributed by atoms with Crippen molar-refractivity contribution in [3.8, 4) is 0 Å². The van der Waals surface area contributed by atoms with E-state index in [1.165, 1.54) is 52.5 Å². The first kappa shape index (κ1) is 17.3. The van der Waals surface area contributed by atoms with E-state index < -0.39 is 0 Å². The summed E-state index contributed by atoms with van der Waals surface area (Å²) < 4.78 is 2.37. The van der Waals surface area contributed by atoms with Gasteiger partial charge in [0.05, 0.1) is 12.6 Å². The SMILES string of the molecule is Cc1ccc2c(c1)c1c(n2C[C@@H](O)CNCc2ccccc2)CCCC1. The Morgan fingerprint density at radius 2 is 1.88 bits per heavy atom. The van der Waals surface area contributed by atoms with Gasteiger partial charge >= 0.3 is 0 Å². The first-order chi connectivity index (χ1) is 12.7. The lowest BCUT2D eigenvalue weighted by molar-refractivity contribution is 0.151. The van der Waals surface area contributed by atoms with Gasteiger partial charge in [-0.3, -0.25) is 0 Å². The van der Waals surface area contributed by atoms with Crippen LogP contribution in [0.5, 0.6) is 0 Å². The van der Waals surface area contributed by atoms with Crippen molar-refractivity contribution in [1.29, 1.82) is 0 Å². The second-order valence-corrected chi connectivity index (χ2v) is 7.53. The lowest BCUT2D eigenvalue weighted by Crippen LogP contribution is -2.30. The van der Waals surface area contributed by atoms with E-state index in [4.69, 9.17) is 0 Å². The first-order valence-corrected chi connectivity index (χ1v) is 9.75. The maximum Gasteiger partial charge on any atom is 0.0843 e. The number of nitrogens with zero attached hydrogens (tertiary/aromatic N) is 1. The molecule has 4 rings (SSSR count). The van der Waals surface area contributed by atoms with Crippen LogP contribution < -0.4 is 5.32 Å². The van der Waals surface area contributed by atoms with Gasteiger partial charge in [-0.1, -0.05) is 42.0 Å². The Kier molecular flexibility index (Phi) is 5.09. The van der Waals surface area contributed by atoms with Gasteiger partial charge in [-0.15, -0.1) is 0 Å². The third kappa shape index (κ3) is 3.55. The average molecular weight is 348 g/mol. The molecule has 136 valence electrons. The molecule has 26 heavy (non-hydrogen) atoms. The van der Waals surface area contributed by atoms with E-state index >= 15 is 0 Å². The molecule has 3 nitrogen and oxygen atoms in total. The lowest BCUT2D eigenvalue weighted by Gasteiger charge is -2.19. The maximum absolute atomic E-state index is 10.6. The standard InChI is InChI=1S/C23H28N2O/c1-17-11-12-23-21(13-17)20-9-5-6-10-22(20)25(23)16-19(26)15-24-14-18-7-3-2-4-8-18/h2-4,7-8,11-13,19,24,26H,5-6,9-10,14-16H2,1H3/t19-/m0/s1. The van der Waals surface area contributed by atoms with Crippen LogP contribution in [-0.2, 0) is 25.9 Å². The molecule has 1 heterocycles. The summed E-state index contributed by atoms with van der Waals surface area (Å²) in [5, 5.41) is 15.4. The zero-order valence-electron chi connectivity index (χ0n) is 15.5. The number of aliphatic hydroxyl groups is 1. The second-order valence-electron chi connectivity index (χ2n) is 7.53. The molecule has 0 saturated heterocycles. The molecule has 0 fully saturated rings. The van der Waals surface area contributed by atoms with E-state index in [2.05, 4.69) is 47.1 Å². The minimum atomic E-state index is -0.387. The van der Waals surface area contributed by atoms with Crippen molar-refractivity contribution in [1.82, 2.24) is 9.88 Å². The number of hydrogen-bond acceptors (Lipinski definition) is 2. The summed E-state index contributed by atoms with van der Waals surface area (Å²) in [6.45, 7) is 4.22. The number of aromatic nitrogens is 1. The minimum absolute atomic E-state index is 0.387. The molecular weight excluding hydrogens is 320 g/mol. The van der Waals surface area contributed by atoms with Crippen LogP contribution in [0.25, 0.3) is 10.9 Å². The fourth-order valence-corrected chi connectivity index (χ4v) is 4.21. The Morgan fingerprint density at radius 1 is 1.08 bits per heavy atom. The number of hydrogen-bond donors (Lipinski definition) is 2. The van der Waals surface area contributed by atoms with Gasteiger partial charge in [0.2, 0.25) is 0 Å². The van der Waals surface area contributed by atoms with Crippen LogP contribution in [-0.4, -0.2) is 22.3 Å². The van der Waals surface area contributed by atoms with Gasteiger partial charge in [0, 0.05) is 29.7 Å². The summed E-state index contributed by atoms with van der Waals surface area (Å²) >= 11 is 0. The molecule has 0 aliphatic heterocycles. The third-order valence-electron chi connectivity index (χ3n) is 5.48. The predicted molar refractivity (Wildman–Crippen MR) is 107 cm³/mol. The van der Waals surface area contributed by atoms with Gasteiger partial charge < -0.3 is 15.0 Å². The van der Waals surface area contributed by atoms with Crippen LogP contribution in [0, 0.1) is 6.92 Å². The highest BCUT2D eigenvalue weighted by Gasteiger charge is 2.21. The Hall–Kier alpha value is -2.10. The quantitative estimate of drug-likeness (QED) is 0.707. The molecular formula is C23H28N2O. The fraction of sp³-hybridized carbons (Fsp3) is 0.391. The third-order valence-corrected chi connectivity index (χ3v) is 5.48. The Balaban J connectivity index is 1.49. The minimum Gasteiger partial charge on any atom is -0.390 e. The van der Waals surface area contributed by atoms with E-state index in [1.807, 2.05) is 18.2 Å². The van der Waals surface area contributed by atoms with Crippen LogP contribution >= 0.6 is 0 Å². The van der Waals surface area contributed by atoms with E-state index in [1.54, 1.807) is 0 Å². The second kappa shape index (κ2) is 7.65. The molecule has 0 spiro atoms. The van der Waals surface area contributed by atoms with Crippen molar-refractivity contribution < 1.29 is 5.11 Å². The van der Waals surface area contributed by atoms with Gasteiger partial charge in [-0.2, -0.15) is 0 Å². The zero-order chi connectivity index (χ0) is 17.9. The number of nitrogens with one attached hydrogen (secondary N) is 1. The van der Waals surface area contributed by atoms with Crippen LogP contribution in [0.2, 0.25) is 0 Å². The molecule has 0 bridgehead atoms. The lowest BCUT2D eigenvalue weighted by atomic mass is 9.95. The molecule has 1 aliphatic carbocycles. The van der Waals surface area contributed by atoms with Crippen molar-refractivity contribution in [2.45, 2.75) is 51.8 Å². The summed E-state index contributed by atoms with van der Waals surface area (Å²) in [6, 6.07) is 17.1. The van der Waals surface area contributed by atoms with Gasteiger partial charge in [0.15, 0.2) is 0 Å². The number of rotatable bonds is 6. The van der Waals surface area contributed by atoms with E-state index in [0.717, 1.165) is 13.0 Å². The molecule has 2 N–H and O–H groups in total. The molecule has 0 saturated carbocycles. The van der Waals surface area contributed by atoms with Crippen molar-refractivity contribution in [2.24, 2.45) is 0 Å². The highest BCUT2D eigenvalue weighted by molar-refractivity contribution is 5.86. The van der Waals surface area contributed by atoms with Gasteiger partial charge in [-0.05, 0) is 55.9 Å².